The van der Waals surface area contributed by atoms with Gasteiger partial charge in [0.05, 0.1) is 6.10 Å². The average Bonchev–Trinajstić information content (AvgIpc) is 2.36. The summed E-state index contributed by atoms with van der Waals surface area (Å²) in [5, 5.41) is 0. The molecular weight excluding hydrogens is 236 g/mol. The fourth-order valence-corrected chi connectivity index (χ4v) is 3.55. The summed E-state index contributed by atoms with van der Waals surface area (Å²) < 4.78 is 21.8. The smallest absolute Gasteiger partial charge is 0.379 e. The third kappa shape index (κ3) is 7.16. The summed E-state index contributed by atoms with van der Waals surface area (Å²) in [4.78, 5) is 0. The van der Waals surface area contributed by atoms with Crippen molar-refractivity contribution in [2.75, 3.05) is 27.9 Å². The van der Waals surface area contributed by atoms with E-state index in [-0.39, 0.29) is 6.10 Å². The van der Waals surface area contributed by atoms with Gasteiger partial charge in [-0.05, 0) is 13.3 Å². The summed E-state index contributed by atoms with van der Waals surface area (Å²) in [6.07, 6.45) is 5.01. The first-order chi connectivity index (χ1) is 8.14. The maximum atomic E-state index is 5.74. The zero-order chi connectivity index (χ0) is 13.1. The van der Waals surface area contributed by atoms with Crippen LogP contribution in [0.4, 0.5) is 0 Å². The molecule has 0 aliphatic heterocycles. The van der Waals surface area contributed by atoms with E-state index in [2.05, 4.69) is 6.92 Å². The van der Waals surface area contributed by atoms with Gasteiger partial charge in [-0.25, -0.2) is 0 Å². The second kappa shape index (κ2) is 10.0. The van der Waals surface area contributed by atoms with Crippen LogP contribution < -0.4 is 0 Å². The van der Waals surface area contributed by atoms with Crippen LogP contribution in [0.15, 0.2) is 0 Å². The van der Waals surface area contributed by atoms with Gasteiger partial charge in [-0.3, -0.25) is 0 Å². The first-order valence-corrected chi connectivity index (χ1v) is 8.34. The van der Waals surface area contributed by atoms with Crippen LogP contribution >= 0.6 is 0 Å². The molecule has 0 N–H and O–H groups in total. The largest absolute Gasteiger partial charge is 0.502 e. The maximum Gasteiger partial charge on any atom is 0.502 e. The van der Waals surface area contributed by atoms with E-state index < -0.39 is 8.80 Å². The lowest BCUT2D eigenvalue weighted by Gasteiger charge is -2.27. The van der Waals surface area contributed by atoms with E-state index in [1.807, 2.05) is 6.92 Å². The van der Waals surface area contributed by atoms with Crippen molar-refractivity contribution in [2.24, 2.45) is 0 Å². The Morgan fingerprint density at radius 3 is 2.00 bits per heavy atom. The lowest BCUT2D eigenvalue weighted by atomic mass is 10.2. The minimum absolute atomic E-state index is 0.114. The lowest BCUT2D eigenvalue weighted by molar-refractivity contribution is 0.0497. The third-order valence-corrected chi connectivity index (χ3v) is 5.81. The van der Waals surface area contributed by atoms with Crippen LogP contribution in [0.2, 0.25) is 6.04 Å². The van der Waals surface area contributed by atoms with E-state index in [0.717, 1.165) is 13.0 Å². The molecule has 0 fully saturated rings. The van der Waals surface area contributed by atoms with Crippen LogP contribution in [-0.4, -0.2) is 42.8 Å². The van der Waals surface area contributed by atoms with E-state index >= 15 is 0 Å². The summed E-state index contributed by atoms with van der Waals surface area (Å²) in [5.74, 6) is 0. The molecule has 5 heteroatoms. The van der Waals surface area contributed by atoms with E-state index in [1.165, 1.54) is 19.3 Å². The van der Waals surface area contributed by atoms with Gasteiger partial charge in [0.2, 0.25) is 0 Å². The molecule has 0 heterocycles. The molecule has 0 saturated heterocycles. The topological polar surface area (TPSA) is 36.9 Å². The molecule has 0 spiro atoms. The number of ether oxygens (including phenoxy) is 1. The number of rotatable bonds is 11. The van der Waals surface area contributed by atoms with Crippen molar-refractivity contribution in [1.82, 2.24) is 0 Å². The van der Waals surface area contributed by atoms with Gasteiger partial charge >= 0.3 is 8.80 Å². The van der Waals surface area contributed by atoms with Crippen LogP contribution in [0.3, 0.4) is 0 Å². The zero-order valence-corrected chi connectivity index (χ0v) is 13.0. The van der Waals surface area contributed by atoms with Crippen LogP contribution in [0.25, 0.3) is 0 Å². The first-order valence-electron chi connectivity index (χ1n) is 6.41. The number of unbranched alkanes of at least 4 members (excludes halogenated alkanes) is 3. The molecule has 17 heavy (non-hydrogen) atoms. The number of hydrogen-bond donors (Lipinski definition) is 0. The minimum atomic E-state index is -2.48. The van der Waals surface area contributed by atoms with Crippen molar-refractivity contribution < 1.29 is 18.0 Å². The molecule has 104 valence electrons. The summed E-state index contributed by atoms with van der Waals surface area (Å²) in [6, 6.07) is 0.699. The molecule has 0 aromatic carbocycles. The predicted octanol–water partition coefficient (Wildman–Crippen LogP) is 2.85. The Bertz CT molecular complexity index is 166. The molecule has 0 saturated carbocycles. The molecule has 1 atom stereocenters. The van der Waals surface area contributed by atoms with Crippen LogP contribution in [0, 0.1) is 0 Å². The van der Waals surface area contributed by atoms with E-state index in [9.17, 15) is 0 Å². The molecule has 1 unspecified atom stereocenters. The van der Waals surface area contributed by atoms with Crippen LogP contribution in [0.5, 0.6) is 0 Å². The predicted molar refractivity (Wildman–Crippen MR) is 71.1 cm³/mol. The Balaban J connectivity index is 3.79. The molecule has 0 amide bonds. The summed E-state index contributed by atoms with van der Waals surface area (Å²) in [5.41, 5.74) is 0. The van der Waals surface area contributed by atoms with E-state index in [4.69, 9.17) is 18.0 Å². The minimum Gasteiger partial charge on any atom is -0.379 e. The SMILES string of the molecule is CCCCCCOC(C)C[Si](OC)(OC)OC. The van der Waals surface area contributed by atoms with Gasteiger partial charge in [-0.2, -0.15) is 0 Å². The Kier molecular flexibility index (Phi) is 10.1. The molecular formula is C12H28O4Si. The van der Waals surface area contributed by atoms with Crippen LogP contribution in [-0.2, 0) is 18.0 Å². The third-order valence-electron chi connectivity index (χ3n) is 2.87. The molecule has 0 rings (SSSR count). The quantitative estimate of drug-likeness (QED) is 0.425. The highest BCUT2D eigenvalue weighted by Crippen LogP contribution is 2.17. The summed E-state index contributed by atoms with van der Waals surface area (Å²) in [6.45, 7) is 5.06. The summed E-state index contributed by atoms with van der Waals surface area (Å²) in [7, 11) is 2.42. The molecule has 0 aliphatic rings. The van der Waals surface area contributed by atoms with Crippen molar-refractivity contribution in [3.63, 3.8) is 0 Å². The maximum absolute atomic E-state index is 5.74. The molecule has 0 radical (unpaired) electrons. The van der Waals surface area contributed by atoms with Gasteiger partial charge in [0.1, 0.15) is 0 Å². The van der Waals surface area contributed by atoms with Crippen molar-refractivity contribution in [3.8, 4) is 0 Å². The molecule has 0 aromatic heterocycles. The van der Waals surface area contributed by atoms with Gasteiger partial charge in [-0.15, -0.1) is 0 Å². The highest BCUT2D eigenvalue weighted by atomic mass is 28.4. The Hall–Kier alpha value is 0.0569. The zero-order valence-electron chi connectivity index (χ0n) is 12.0. The van der Waals surface area contributed by atoms with Gasteiger partial charge in [0.15, 0.2) is 0 Å². The molecule has 0 aliphatic carbocycles. The van der Waals surface area contributed by atoms with Crippen molar-refractivity contribution in [2.45, 2.75) is 51.7 Å². The number of hydrogen-bond acceptors (Lipinski definition) is 4. The first kappa shape index (κ1) is 17.1. The highest BCUT2D eigenvalue weighted by molar-refractivity contribution is 6.60. The molecule has 4 nitrogen and oxygen atoms in total. The standard InChI is InChI=1S/C12H28O4Si/c1-6-7-8-9-10-16-12(2)11-17(13-3,14-4)15-5/h12H,6-11H2,1-5H3. The van der Waals surface area contributed by atoms with Gasteiger partial charge in [-0.1, -0.05) is 26.2 Å². The second-order valence-electron chi connectivity index (χ2n) is 4.24. The van der Waals surface area contributed by atoms with Gasteiger partial charge in [0.25, 0.3) is 0 Å². The fourth-order valence-electron chi connectivity index (χ4n) is 1.72. The highest BCUT2D eigenvalue weighted by Gasteiger charge is 2.39. The van der Waals surface area contributed by atoms with Gasteiger partial charge < -0.3 is 18.0 Å². The van der Waals surface area contributed by atoms with Gasteiger partial charge in [0, 0.05) is 34.0 Å². The Morgan fingerprint density at radius 2 is 1.53 bits per heavy atom. The van der Waals surface area contributed by atoms with Crippen molar-refractivity contribution >= 4 is 8.80 Å². The van der Waals surface area contributed by atoms with E-state index in [0.29, 0.717) is 6.04 Å². The van der Waals surface area contributed by atoms with E-state index in [1.54, 1.807) is 21.3 Å². The normalized spacial score (nSPS) is 13.9. The lowest BCUT2D eigenvalue weighted by Crippen LogP contribution is -2.45. The summed E-state index contributed by atoms with van der Waals surface area (Å²) >= 11 is 0. The molecule has 0 aromatic rings. The Morgan fingerprint density at radius 1 is 0.941 bits per heavy atom. The monoisotopic (exact) mass is 264 g/mol. The average molecular weight is 264 g/mol. The van der Waals surface area contributed by atoms with Crippen molar-refractivity contribution in [3.05, 3.63) is 0 Å². The van der Waals surface area contributed by atoms with Crippen molar-refractivity contribution in [1.29, 1.82) is 0 Å². The molecule has 0 bridgehead atoms. The fraction of sp³-hybridized carbons (Fsp3) is 1.00. The van der Waals surface area contributed by atoms with Crippen LogP contribution in [0.1, 0.15) is 39.5 Å². The second-order valence-corrected chi connectivity index (χ2v) is 7.24. The Labute approximate surface area is 107 Å².